The largest absolute Gasteiger partial charge is 0.493 e. The van der Waals surface area contributed by atoms with Crippen molar-refractivity contribution in [3.63, 3.8) is 0 Å². The van der Waals surface area contributed by atoms with Crippen LogP contribution in [0.3, 0.4) is 0 Å². The Balaban J connectivity index is 0.00000400. The van der Waals surface area contributed by atoms with E-state index in [0.29, 0.717) is 68.4 Å². The van der Waals surface area contributed by atoms with Gasteiger partial charge in [-0.3, -0.25) is 4.79 Å². The number of hydrogen-bond acceptors (Lipinski definition) is 6. The number of benzene rings is 2. The average Bonchev–Trinajstić information content (AvgIpc) is 3.01. The zero-order chi connectivity index (χ0) is 26.7. The fraction of sp³-hybridized carbons (Fsp3) is 0.519. The summed E-state index contributed by atoms with van der Waals surface area (Å²) in [5, 5.41) is 0. The Bertz CT molecular complexity index is 1140. The van der Waals surface area contributed by atoms with Gasteiger partial charge in [-0.05, 0) is 79.3 Å². The third-order valence-corrected chi connectivity index (χ3v) is 6.90. The zero-order valence-corrected chi connectivity index (χ0v) is 21.7. The van der Waals surface area contributed by atoms with Gasteiger partial charge in [-0.1, -0.05) is 0 Å². The molecule has 2 aromatic carbocycles. The van der Waals surface area contributed by atoms with E-state index in [2.05, 4.69) is 0 Å². The summed E-state index contributed by atoms with van der Waals surface area (Å²) >= 11 is 0. The first-order chi connectivity index (χ1) is 17.7. The van der Waals surface area contributed by atoms with Gasteiger partial charge >= 0.3 is 0 Å². The minimum Gasteiger partial charge on any atom is -0.493 e. The zero-order valence-electron chi connectivity index (χ0n) is 23.9. The number of nitrogens with zero attached hydrogens (tertiary/aromatic N) is 2. The van der Waals surface area contributed by atoms with Crippen LogP contribution >= 0.6 is 12.4 Å². The predicted molar refractivity (Wildman–Crippen MR) is 139 cm³/mol. The van der Waals surface area contributed by atoms with Crippen LogP contribution in [0.5, 0.6) is 23.0 Å². The summed E-state index contributed by atoms with van der Waals surface area (Å²) in [5.74, 6) is 2.78. The molecule has 0 fully saturated rings. The van der Waals surface area contributed by atoms with Crippen molar-refractivity contribution in [2.45, 2.75) is 31.6 Å². The predicted octanol–water partition coefficient (Wildman–Crippen LogP) is 3.73. The van der Waals surface area contributed by atoms with Gasteiger partial charge in [-0.25, -0.2) is 0 Å². The number of carbonyl (C=O) groups is 1. The molecule has 1 atom stereocenters. The first kappa shape index (κ1) is 22.8. The highest BCUT2D eigenvalue weighted by atomic mass is 35.5. The van der Waals surface area contributed by atoms with E-state index >= 15 is 0 Å². The van der Waals surface area contributed by atoms with Crippen molar-refractivity contribution in [3.8, 4) is 23.0 Å². The highest BCUT2D eigenvalue weighted by Gasteiger charge is 2.29. The standard InChI is InChI=1S/C27H36N2O5.ClH/c1-28(17-21-11-20-14-25(33-4)26(34-5)16-22(20)21)8-6-9-29-10-7-18-12-23(31-2)24(32-3)13-19(18)15-27(29)30;/h12-14,16,21H,6-11,15,17H2,1-5H3;1H/t21-;/m1./s1/i1D3;. The number of ether oxygens (including phenoxy) is 4. The van der Waals surface area contributed by atoms with Crippen LogP contribution in [0.4, 0.5) is 0 Å². The highest BCUT2D eigenvalue weighted by molar-refractivity contribution is 5.85. The van der Waals surface area contributed by atoms with E-state index in [1.165, 1.54) is 0 Å². The van der Waals surface area contributed by atoms with Crippen LogP contribution in [0, 0.1) is 0 Å². The second-order valence-corrected chi connectivity index (χ2v) is 8.89. The van der Waals surface area contributed by atoms with E-state index in [9.17, 15) is 4.79 Å². The molecule has 0 spiro atoms. The van der Waals surface area contributed by atoms with Crippen molar-refractivity contribution in [2.75, 3.05) is 61.6 Å². The molecule has 0 saturated carbocycles. The van der Waals surface area contributed by atoms with Gasteiger partial charge in [0.05, 0.1) is 34.9 Å². The molecule has 7 nitrogen and oxygen atoms in total. The summed E-state index contributed by atoms with van der Waals surface area (Å²) < 4.78 is 45.9. The molecule has 192 valence electrons. The molecule has 1 aliphatic carbocycles. The highest BCUT2D eigenvalue weighted by Crippen LogP contribution is 2.42. The van der Waals surface area contributed by atoms with E-state index in [4.69, 9.17) is 23.1 Å². The molecule has 0 saturated heterocycles. The summed E-state index contributed by atoms with van der Waals surface area (Å²) in [6.45, 7) is -0.295. The molecule has 0 radical (unpaired) electrons. The SMILES string of the molecule is Cl.[2H]C([2H])([2H])N(CCCN1CCc2cc(OC)c(OC)cc2CC1=O)C[C@H]1Cc2cc(OC)c(OC)cc21. The van der Waals surface area contributed by atoms with Gasteiger partial charge in [0, 0.05) is 29.7 Å². The van der Waals surface area contributed by atoms with Crippen molar-refractivity contribution < 1.29 is 27.9 Å². The Labute approximate surface area is 218 Å². The van der Waals surface area contributed by atoms with Crippen molar-refractivity contribution in [3.05, 3.63) is 46.5 Å². The Hall–Kier alpha value is -2.64. The van der Waals surface area contributed by atoms with Crippen molar-refractivity contribution >= 4 is 18.3 Å². The van der Waals surface area contributed by atoms with Gasteiger partial charge in [0.1, 0.15) is 0 Å². The summed E-state index contributed by atoms with van der Waals surface area (Å²) in [6.07, 6.45) is 2.40. The maximum Gasteiger partial charge on any atom is 0.227 e. The number of methoxy groups -OCH3 is 4. The lowest BCUT2D eigenvalue weighted by Crippen LogP contribution is -2.36. The van der Waals surface area contributed by atoms with Gasteiger partial charge in [0.15, 0.2) is 23.0 Å². The van der Waals surface area contributed by atoms with Crippen LogP contribution in [0.1, 0.15) is 38.7 Å². The quantitative estimate of drug-likeness (QED) is 0.488. The van der Waals surface area contributed by atoms with Crippen LogP contribution in [-0.4, -0.2) is 77.3 Å². The van der Waals surface area contributed by atoms with Gasteiger partial charge in [0.2, 0.25) is 5.91 Å². The maximum atomic E-state index is 13.0. The minimum atomic E-state index is -2.21. The number of hydrogen-bond donors (Lipinski definition) is 0. The Morgan fingerprint density at radius 3 is 2.17 bits per heavy atom. The van der Waals surface area contributed by atoms with Gasteiger partial charge < -0.3 is 28.7 Å². The molecule has 1 heterocycles. The lowest BCUT2D eigenvalue weighted by Gasteiger charge is -2.34. The molecule has 0 aromatic heterocycles. The minimum absolute atomic E-state index is 0. The number of likely N-dealkylation sites (N-methyl/N-ethyl adjacent to an activating group) is 1. The molecule has 2 aliphatic rings. The van der Waals surface area contributed by atoms with Crippen LogP contribution in [0.2, 0.25) is 0 Å². The van der Waals surface area contributed by atoms with E-state index in [-0.39, 0.29) is 24.2 Å². The maximum absolute atomic E-state index is 13.0. The Morgan fingerprint density at radius 2 is 1.54 bits per heavy atom. The van der Waals surface area contributed by atoms with E-state index in [1.54, 1.807) is 33.3 Å². The molecule has 4 rings (SSSR count). The van der Waals surface area contributed by atoms with Gasteiger partial charge in [-0.2, -0.15) is 0 Å². The molecule has 1 amide bonds. The molecule has 8 heteroatoms. The average molecular weight is 508 g/mol. The fourth-order valence-corrected chi connectivity index (χ4v) is 4.96. The van der Waals surface area contributed by atoms with Crippen molar-refractivity contribution in [2.24, 2.45) is 0 Å². The molecular formula is C27H37ClN2O5. The van der Waals surface area contributed by atoms with E-state index in [1.807, 2.05) is 29.2 Å². The second kappa shape index (κ2) is 11.9. The number of carbonyl (C=O) groups excluding carboxylic acids is 1. The summed E-state index contributed by atoms with van der Waals surface area (Å²) in [6, 6.07) is 7.76. The van der Waals surface area contributed by atoms with Gasteiger partial charge in [-0.15, -0.1) is 12.4 Å². The van der Waals surface area contributed by atoms with Gasteiger partial charge in [0.25, 0.3) is 0 Å². The summed E-state index contributed by atoms with van der Waals surface area (Å²) in [4.78, 5) is 16.4. The monoisotopic (exact) mass is 507 g/mol. The molecule has 35 heavy (non-hydrogen) atoms. The van der Waals surface area contributed by atoms with Crippen LogP contribution in [-0.2, 0) is 24.1 Å². The number of rotatable bonds is 10. The van der Waals surface area contributed by atoms with Crippen LogP contribution in [0.15, 0.2) is 24.3 Å². The normalized spacial score (nSPS) is 18.1. The molecule has 0 bridgehead atoms. The third-order valence-electron chi connectivity index (χ3n) is 6.90. The Kier molecular flexibility index (Phi) is 7.73. The second-order valence-electron chi connectivity index (χ2n) is 8.89. The summed E-state index contributed by atoms with van der Waals surface area (Å²) in [5.41, 5.74) is 4.30. The number of fused-ring (bicyclic) bond motifs is 2. The summed E-state index contributed by atoms with van der Waals surface area (Å²) in [7, 11) is 6.40. The molecule has 1 aliphatic heterocycles. The lowest BCUT2D eigenvalue weighted by atomic mass is 9.77. The fourth-order valence-electron chi connectivity index (χ4n) is 4.96. The molecule has 0 unspecified atom stereocenters. The first-order valence-corrected chi connectivity index (χ1v) is 11.7. The number of amides is 1. The van der Waals surface area contributed by atoms with Crippen LogP contribution < -0.4 is 18.9 Å². The van der Waals surface area contributed by atoms with Crippen LogP contribution in [0.25, 0.3) is 0 Å². The van der Waals surface area contributed by atoms with Crippen molar-refractivity contribution in [1.29, 1.82) is 0 Å². The van der Waals surface area contributed by atoms with E-state index < -0.39 is 6.98 Å². The smallest absolute Gasteiger partial charge is 0.227 e. The molecular weight excluding hydrogens is 468 g/mol. The third kappa shape index (κ3) is 5.78. The van der Waals surface area contributed by atoms with Crippen molar-refractivity contribution in [1.82, 2.24) is 9.80 Å². The first-order valence-electron chi connectivity index (χ1n) is 13.2. The topological polar surface area (TPSA) is 60.5 Å². The van der Waals surface area contributed by atoms with E-state index in [0.717, 1.165) is 28.7 Å². The Morgan fingerprint density at radius 1 is 0.943 bits per heavy atom. The molecule has 0 N–H and O–H groups in total. The lowest BCUT2D eigenvalue weighted by molar-refractivity contribution is -0.130. The molecule has 2 aromatic rings. The number of halogens is 1.